The van der Waals surface area contributed by atoms with E-state index in [-0.39, 0.29) is 6.04 Å². The van der Waals surface area contributed by atoms with Crippen LogP contribution < -0.4 is 11.1 Å². The normalized spacial score (nSPS) is 11.9. The highest BCUT2D eigenvalue weighted by atomic mass is 32.1. The van der Waals surface area contributed by atoms with Crippen molar-refractivity contribution in [2.75, 3.05) is 5.32 Å². The molecule has 0 bridgehead atoms. The van der Waals surface area contributed by atoms with Crippen LogP contribution in [0.15, 0.2) is 30.6 Å². The maximum Gasteiger partial charge on any atom is 0.107 e. The van der Waals surface area contributed by atoms with Gasteiger partial charge in [-0.25, -0.2) is 0 Å². The summed E-state index contributed by atoms with van der Waals surface area (Å²) < 4.78 is 0. The summed E-state index contributed by atoms with van der Waals surface area (Å²) >= 11 is 5.14. The van der Waals surface area contributed by atoms with E-state index in [1.165, 1.54) is 0 Å². The van der Waals surface area contributed by atoms with Gasteiger partial charge in [-0.05, 0) is 44.5 Å². The first-order valence-corrected chi connectivity index (χ1v) is 6.84. The second-order valence-corrected chi connectivity index (χ2v) is 5.22. The number of thiocarbonyl (C=S) groups is 1. The summed E-state index contributed by atoms with van der Waals surface area (Å²) in [5, 5.41) is 3.45. The zero-order valence-corrected chi connectivity index (χ0v) is 12.7. The molecule has 3 N–H and O–H groups in total. The number of aromatic nitrogens is 2. The lowest BCUT2D eigenvalue weighted by Gasteiger charge is -2.19. The molecule has 5 heteroatoms. The van der Waals surface area contributed by atoms with Gasteiger partial charge in [0.1, 0.15) is 4.99 Å². The van der Waals surface area contributed by atoms with E-state index in [1.54, 1.807) is 12.4 Å². The Kier molecular flexibility index (Phi) is 4.29. The number of aryl methyl sites for hydroxylation is 2. The van der Waals surface area contributed by atoms with E-state index in [2.05, 4.69) is 22.2 Å². The highest BCUT2D eigenvalue weighted by Gasteiger charge is 2.13. The van der Waals surface area contributed by atoms with Crippen LogP contribution in [0, 0.1) is 13.8 Å². The molecule has 20 heavy (non-hydrogen) atoms. The maximum absolute atomic E-state index is 5.82. The van der Waals surface area contributed by atoms with Crippen LogP contribution in [0.25, 0.3) is 0 Å². The van der Waals surface area contributed by atoms with Crippen LogP contribution in [-0.4, -0.2) is 15.0 Å². The molecule has 104 valence electrons. The summed E-state index contributed by atoms with van der Waals surface area (Å²) in [4.78, 5) is 8.81. The molecule has 0 saturated heterocycles. The Morgan fingerprint density at radius 1 is 1.30 bits per heavy atom. The zero-order valence-electron chi connectivity index (χ0n) is 11.8. The van der Waals surface area contributed by atoms with Crippen molar-refractivity contribution in [2.24, 2.45) is 5.73 Å². The molecule has 0 aliphatic rings. The molecule has 0 aliphatic heterocycles. The van der Waals surface area contributed by atoms with E-state index in [1.807, 2.05) is 32.0 Å². The van der Waals surface area contributed by atoms with E-state index in [0.29, 0.717) is 4.99 Å². The predicted molar refractivity (Wildman–Crippen MR) is 85.9 cm³/mol. The van der Waals surface area contributed by atoms with Gasteiger partial charge in [0.05, 0.1) is 5.56 Å². The summed E-state index contributed by atoms with van der Waals surface area (Å²) in [6.45, 7) is 5.96. The Hall–Kier alpha value is -2.01. The van der Waals surface area contributed by atoms with Gasteiger partial charge in [0.2, 0.25) is 0 Å². The van der Waals surface area contributed by atoms with E-state index in [0.717, 1.165) is 28.2 Å². The Morgan fingerprint density at radius 3 is 2.55 bits per heavy atom. The van der Waals surface area contributed by atoms with Crippen LogP contribution in [0.3, 0.4) is 0 Å². The van der Waals surface area contributed by atoms with Crippen molar-refractivity contribution in [3.63, 3.8) is 0 Å². The molecule has 4 nitrogen and oxygen atoms in total. The fourth-order valence-electron chi connectivity index (χ4n) is 2.22. The lowest BCUT2D eigenvalue weighted by Crippen LogP contribution is -2.18. The number of pyridine rings is 2. The van der Waals surface area contributed by atoms with Crippen LogP contribution in [0.1, 0.15) is 35.5 Å². The molecule has 2 aromatic rings. The minimum Gasteiger partial charge on any atom is -0.389 e. The molecular formula is C15H18N4S. The summed E-state index contributed by atoms with van der Waals surface area (Å²) in [5.41, 5.74) is 10.5. The average Bonchev–Trinajstić information content (AvgIpc) is 2.38. The number of nitrogens with zero attached hydrogens (tertiary/aromatic N) is 2. The third kappa shape index (κ3) is 3.11. The molecule has 2 aromatic heterocycles. The summed E-state index contributed by atoms with van der Waals surface area (Å²) in [6, 6.07) is 6.07. The predicted octanol–water partition coefficient (Wildman–Crippen LogP) is 2.90. The molecule has 0 aliphatic carbocycles. The third-order valence-electron chi connectivity index (χ3n) is 3.15. The lowest BCUT2D eigenvalue weighted by atomic mass is 10.1. The van der Waals surface area contributed by atoms with Gasteiger partial charge < -0.3 is 11.1 Å². The minimum atomic E-state index is 0.132. The quantitative estimate of drug-likeness (QED) is 0.846. The van der Waals surface area contributed by atoms with Crippen molar-refractivity contribution in [3.8, 4) is 0 Å². The molecule has 2 rings (SSSR count). The van der Waals surface area contributed by atoms with Crippen molar-refractivity contribution >= 4 is 22.9 Å². The maximum atomic E-state index is 5.82. The van der Waals surface area contributed by atoms with Gasteiger partial charge in [0.25, 0.3) is 0 Å². The van der Waals surface area contributed by atoms with Gasteiger partial charge >= 0.3 is 0 Å². The van der Waals surface area contributed by atoms with Crippen LogP contribution in [0.4, 0.5) is 5.69 Å². The van der Waals surface area contributed by atoms with Crippen LogP contribution in [0.5, 0.6) is 0 Å². The highest BCUT2D eigenvalue weighted by molar-refractivity contribution is 7.80. The van der Waals surface area contributed by atoms with Crippen LogP contribution in [0.2, 0.25) is 0 Å². The minimum absolute atomic E-state index is 0.132. The van der Waals surface area contributed by atoms with E-state index in [9.17, 15) is 0 Å². The monoisotopic (exact) mass is 286 g/mol. The molecule has 0 radical (unpaired) electrons. The van der Waals surface area contributed by atoms with Crippen LogP contribution in [-0.2, 0) is 0 Å². The second kappa shape index (κ2) is 5.96. The Bertz CT molecular complexity index is 625. The average molecular weight is 286 g/mol. The third-order valence-corrected chi connectivity index (χ3v) is 3.36. The Balaban J connectivity index is 2.36. The van der Waals surface area contributed by atoms with Crippen molar-refractivity contribution in [3.05, 3.63) is 53.1 Å². The molecule has 0 aromatic carbocycles. The number of hydrogen-bond donors (Lipinski definition) is 2. The highest BCUT2D eigenvalue weighted by Crippen LogP contribution is 2.24. The molecular weight excluding hydrogens is 268 g/mol. The number of hydrogen-bond acceptors (Lipinski definition) is 4. The first kappa shape index (κ1) is 14.4. The van der Waals surface area contributed by atoms with Crippen molar-refractivity contribution < 1.29 is 0 Å². The van der Waals surface area contributed by atoms with Gasteiger partial charge in [0.15, 0.2) is 0 Å². The zero-order chi connectivity index (χ0) is 14.7. The smallest absolute Gasteiger partial charge is 0.107 e. The van der Waals surface area contributed by atoms with Gasteiger partial charge in [0, 0.05) is 35.5 Å². The van der Waals surface area contributed by atoms with E-state index >= 15 is 0 Å². The van der Waals surface area contributed by atoms with E-state index in [4.69, 9.17) is 18.0 Å². The first-order chi connectivity index (χ1) is 9.49. The van der Waals surface area contributed by atoms with Gasteiger partial charge in [-0.3, -0.25) is 9.97 Å². The standard InChI is InChI=1S/C15H18N4S/c1-9-8-13(14(15(16)20)11(3)18-9)19-10(2)12-4-6-17-7-5-12/h4-8,10H,1-3H3,(H2,16,20)(H,18,19). The van der Waals surface area contributed by atoms with Crippen LogP contribution >= 0.6 is 12.2 Å². The largest absolute Gasteiger partial charge is 0.389 e. The SMILES string of the molecule is Cc1cc(NC(C)c2ccncc2)c(C(N)=S)c(C)n1. The van der Waals surface area contributed by atoms with Crippen molar-refractivity contribution in [1.82, 2.24) is 9.97 Å². The first-order valence-electron chi connectivity index (χ1n) is 6.43. The number of nitrogens with one attached hydrogen (secondary N) is 1. The summed E-state index contributed by atoms with van der Waals surface area (Å²) in [6.07, 6.45) is 3.57. The molecule has 0 fully saturated rings. The number of rotatable bonds is 4. The summed E-state index contributed by atoms with van der Waals surface area (Å²) in [5.74, 6) is 0. The fourth-order valence-corrected chi connectivity index (χ4v) is 2.48. The fraction of sp³-hybridized carbons (Fsp3) is 0.267. The van der Waals surface area contributed by atoms with Gasteiger partial charge in [-0.1, -0.05) is 12.2 Å². The lowest BCUT2D eigenvalue weighted by molar-refractivity contribution is 0.877. The molecule has 0 spiro atoms. The van der Waals surface area contributed by atoms with Crippen molar-refractivity contribution in [1.29, 1.82) is 0 Å². The molecule has 0 amide bonds. The second-order valence-electron chi connectivity index (χ2n) is 4.78. The Labute approximate surface area is 124 Å². The van der Waals surface area contributed by atoms with E-state index < -0.39 is 0 Å². The molecule has 1 unspecified atom stereocenters. The summed E-state index contributed by atoms with van der Waals surface area (Å²) in [7, 11) is 0. The molecule has 1 atom stereocenters. The number of nitrogens with two attached hydrogens (primary N) is 1. The van der Waals surface area contributed by atoms with Gasteiger partial charge in [-0.2, -0.15) is 0 Å². The Morgan fingerprint density at radius 2 is 1.95 bits per heavy atom. The number of anilines is 1. The topological polar surface area (TPSA) is 63.8 Å². The van der Waals surface area contributed by atoms with Gasteiger partial charge in [-0.15, -0.1) is 0 Å². The molecule has 2 heterocycles. The van der Waals surface area contributed by atoms with Crippen molar-refractivity contribution in [2.45, 2.75) is 26.8 Å². The molecule has 0 saturated carbocycles.